The zero-order chi connectivity index (χ0) is 13.1. The molecule has 0 aliphatic heterocycles. The molecule has 0 aromatic carbocycles. The Kier molecular flexibility index (Phi) is 25.3. The van der Waals surface area contributed by atoms with Gasteiger partial charge in [-0.25, -0.2) is 4.98 Å². The zero-order valence-electron chi connectivity index (χ0n) is 12.6. The fraction of sp³-hybridized carbons (Fsp3) is 0.417. The minimum atomic E-state index is -0.0932. The first-order chi connectivity index (χ1) is 8.61. The van der Waals surface area contributed by atoms with Gasteiger partial charge in [0.25, 0.3) is 5.56 Å². The third-order valence-electron chi connectivity index (χ3n) is 2.84. The van der Waals surface area contributed by atoms with Crippen LogP contribution in [0.25, 0.3) is 0 Å². The number of rotatable bonds is 4. The predicted octanol–water partition coefficient (Wildman–Crippen LogP) is -14.7. The Balaban J connectivity index is -0.000000201. The van der Waals surface area contributed by atoms with Gasteiger partial charge in [0.1, 0.15) is 11.4 Å². The fourth-order valence-corrected chi connectivity index (χ4v) is 2.74. The van der Waals surface area contributed by atoms with E-state index >= 15 is 0 Å². The molecule has 2 N–H and O–H groups in total. The van der Waals surface area contributed by atoms with Crippen molar-refractivity contribution in [2.45, 2.75) is 26.8 Å². The number of halogens is 5. The van der Waals surface area contributed by atoms with Crippen LogP contribution in [0.1, 0.15) is 22.0 Å². The number of aromatic amines is 1. The van der Waals surface area contributed by atoms with Crippen LogP contribution in [0.5, 0.6) is 0 Å². The van der Waals surface area contributed by atoms with Crippen molar-refractivity contribution in [3.63, 3.8) is 0 Å². The van der Waals surface area contributed by atoms with Gasteiger partial charge in [-0.3, -0.25) is 4.79 Å². The number of nitrogens with one attached hydrogen (secondary N) is 1. The monoisotopic (exact) mass is 636 g/mol. The van der Waals surface area contributed by atoms with Gasteiger partial charge in [0.15, 0.2) is 12.2 Å². The van der Waals surface area contributed by atoms with Crippen LogP contribution in [-0.4, -0.2) is 21.7 Å². The van der Waals surface area contributed by atoms with Gasteiger partial charge in [-0.2, -0.15) is 4.57 Å². The molecule has 0 saturated carbocycles. The first-order valence-electron chi connectivity index (χ1n) is 5.74. The van der Waals surface area contributed by atoms with E-state index in [0.29, 0.717) is 24.4 Å². The standard InChI is InChI=1S/C12H15N3O2S.5ClH.Pt/c1-8-11(3-4-16)18-7-15(8)6-10-5-13-9(2)14-12(10)17;;;;;;/h5,7,16H,3-4,6H2,1-2H3;5*1H;/q;;;;;;+4/p-4. The molecule has 0 aliphatic carbocycles. The maximum atomic E-state index is 11.7. The molecule has 5 nitrogen and oxygen atoms in total. The largest absolute Gasteiger partial charge is 4.00 e. The van der Waals surface area contributed by atoms with Crippen LogP contribution in [-0.2, 0) is 34.0 Å². The average molecular weight is 639 g/mol. The molecule has 2 aromatic heterocycles. The van der Waals surface area contributed by atoms with E-state index in [0.717, 1.165) is 10.6 Å². The van der Waals surface area contributed by atoms with Crippen LogP contribution in [0.4, 0.5) is 0 Å². The first kappa shape index (κ1) is 35.7. The number of aliphatic hydroxyl groups excluding tert-OH is 1. The van der Waals surface area contributed by atoms with Crippen LogP contribution >= 0.6 is 11.3 Å². The minimum Gasteiger partial charge on any atom is -1.00 e. The van der Waals surface area contributed by atoms with E-state index in [1.807, 2.05) is 17.0 Å². The number of H-pyrrole nitrogens is 1. The smallest absolute Gasteiger partial charge is 1.00 e. The Hall–Kier alpha value is 0.608. The quantitative estimate of drug-likeness (QED) is 0.327. The number of thiazole rings is 1. The summed E-state index contributed by atoms with van der Waals surface area (Å²) in [5, 5.41) is 8.95. The van der Waals surface area contributed by atoms with Gasteiger partial charge in [-0.05, 0) is 6.92 Å². The van der Waals surface area contributed by atoms with Gasteiger partial charge in [0.05, 0.1) is 4.88 Å². The molecule has 0 unspecified atom stereocenters. The molecule has 2 aromatic rings. The second-order valence-corrected chi connectivity index (χ2v) is 5.10. The Bertz CT molecular complexity index is 627. The number of hydrogen-bond donors (Lipinski definition) is 2. The van der Waals surface area contributed by atoms with Gasteiger partial charge in [0, 0.05) is 26.1 Å². The van der Waals surface area contributed by atoms with Crippen LogP contribution < -0.4 is 72.2 Å². The molecule has 0 aliphatic rings. The van der Waals surface area contributed by atoms with Gasteiger partial charge in [-0.1, -0.05) is 11.3 Å². The molecule has 0 bridgehead atoms. The molecule has 142 valence electrons. The van der Waals surface area contributed by atoms with Crippen molar-refractivity contribution in [2.75, 3.05) is 6.61 Å². The number of nitrogens with zero attached hydrogens (tertiary/aromatic N) is 2. The van der Waals surface area contributed by atoms with E-state index in [9.17, 15) is 4.79 Å². The Morgan fingerprint density at radius 1 is 1.21 bits per heavy atom. The van der Waals surface area contributed by atoms with Gasteiger partial charge in [0.2, 0.25) is 5.51 Å². The molecular weight excluding hydrogens is 623 g/mol. The molecule has 2 heterocycles. The Morgan fingerprint density at radius 3 is 2.29 bits per heavy atom. The van der Waals surface area contributed by atoms with Crippen molar-refractivity contribution in [1.29, 1.82) is 0 Å². The summed E-state index contributed by atoms with van der Waals surface area (Å²) in [4.78, 5) is 19.7. The van der Waals surface area contributed by atoms with E-state index in [-0.39, 0.29) is 95.3 Å². The molecule has 12 heteroatoms. The summed E-state index contributed by atoms with van der Waals surface area (Å²) in [6, 6.07) is 0. The predicted molar refractivity (Wildman–Crippen MR) is 68.7 cm³/mol. The van der Waals surface area contributed by atoms with Crippen molar-refractivity contribution in [3.8, 4) is 0 Å². The van der Waals surface area contributed by atoms with Crippen molar-refractivity contribution in [2.24, 2.45) is 0 Å². The van der Waals surface area contributed by atoms with E-state index in [2.05, 4.69) is 9.97 Å². The Morgan fingerprint density at radius 2 is 1.79 bits per heavy atom. The molecule has 2 rings (SSSR count). The molecule has 0 atom stereocenters. The van der Waals surface area contributed by atoms with Crippen molar-refractivity contribution in [1.82, 2.24) is 9.97 Å². The molecule has 0 saturated heterocycles. The SMILES string of the molecule is Cc1ncc(C[n+]2csc(CCO)c2C)c(=O)[nH]1.[Cl-].[Cl-].[Cl-].[Cl-].[Cl-].[Pt+4]. The number of hydrogen-bond acceptors (Lipinski definition) is 4. The molecule has 24 heavy (non-hydrogen) atoms. The molecule has 0 amide bonds. The van der Waals surface area contributed by atoms with Crippen molar-refractivity contribution < 1.29 is 92.8 Å². The molecule has 0 spiro atoms. The summed E-state index contributed by atoms with van der Waals surface area (Å²) in [7, 11) is 0. The fourth-order valence-electron chi connectivity index (χ4n) is 1.76. The Labute approximate surface area is 190 Å². The van der Waals surface area contributed by atoms with Crippen molar-refractivity contribution >= 4 is 11.3 Å². The summed E-state index contributed by atoms with van der Waals surface area (Å²) in [6.07, 6.45) is 2.27. The summed E-state index contributed by atoms with van der Waals surface area (Å²) >= 11 is 1.60. The average Bonchev–Trinajstić information content (AvgIpc) is 2.66. The van der Waals surface area contributed by atoms with Gasteiger partial charge >= 0.3 is 21.1 Å². The second-order valence-electron chi connectivity index (χ2n) is 4.16. The summed E-state index contributed by atoms with van der Waals surface area (Å²) in [6.45, 7) is 4.41. The molecule has 0 radical (unpaired) electrons. The van der Waals surface area contributed by atoms with E-state index < -0.39 is 0 Å². The van der Waals surface area contributed by atoms with Gasteiger partial charge in [-0.15, -0.1) is 0 Å². The first-order valence-corrected chi connectivity index (χ1v) is 6.62. The van der Waals surface area contributed by atoms with Crippen LogP contribution in [0, 0.1) is 13.8 Å². The third kappa shape index (κ3) is 9.35. The van der Waals surface area contributed by atoms with E-state index in [1.54, 1.807) is 24.5 Å². The number of aliphatic hydroxyl groups is 1. The van der Waals surface area contributed by atoms with E-state index in [1.165, 1.54) is 0 Å². The summed E-state index contributed by atoms with van der Waals surface area (Å²) in [5.74, 6) is 0.622. The minimum absolute atomic E-state index is 0. The number of aromatic nitrogens is 3. The molecule has 0 fully saturated rings. The third-order valence-corrected chi connectivity index (χ3v) is 3.98. The van der Waals surface area contributed by atoms with Crippen LogP contribution in [0.2, 0.25) is 0 Å². The normalized spacial score (nSPS) is 8.12. The van der Waals surface area contributed by atoms with E-state index in [4.69, 9.17) is 5.11 Å². The number of aryl methyl sites for hydroxylation is 1. The second kappa shape index (κ2) is 17.0. The topological polar surface area (TPSA) is 69.9 Å². The zero-order valence-corrected chi connectivity index (χ0v) is 19.5. The molecular formula is C12H16Cl5N3O2PtS. The van der Waals surface area contributed by atoms with Crippen molar-refractivity contribution in [3.05, 3.63) is 44.0 Å². The maximum Gasteiger partial charge on any atom is 4.00 e. The van der Waals surface area contributed by atoms with Crippen LogP contribution in [0.15, 0.2) is 16.5 Å². The maximum absolute atomic E-state index is 11.7. The summed E-state index contributed by atoms with van der Waals surface area (Å²) in [5.41, 5.74) is 3.61. The van der Waals surface area contributed by atoms with Crippen LogP contribution in [0.3, 0.4) is 0 Å². The summed E-state index contributed by atoms with van der Waals surface area (Å²) < 4.78 is 2.01. The van der Waals surface area contributed by atoms with Gasteiger partial charge < -0.3 is 72.1 Å².